The predicted octanol–water partition coefficient (Wildman–Crippen LogP) is 3.29. The average molecular weight is 436 g/mol. The molecule has 0 saturated carbocycles. The number of piperidine rings is 1. The van der Waals surface area contributed by atoms with Crippen LogP contribution in [-0.4, -0.2) is 71.8 Å². The summed E-state index contributed by atoms with van der Waals surface area (Å²) in [6.07, 6.45) is -1.13. The van der Waals surface area contributed by atoms with Gasteiger partial charge in [0.05, 0.1) is 6.61 Å². The fraction of sp³-hybridized carbons (Fsp3) is 0.684. The van der Waals surface area contributed by atoms with Crippen molar-refractivity contribution in [1.82, 2.24) is 9.80 Å². The maximum absolute atomic E-state index is 12.2. The van der Waals surface area contributed by atoms with Gasteiger partial charge in [-0.25, -0.2) is 4.79 Å². The smallest absolute Gasteiger partial charge is 0.475 e. The molecule has 6 nitrogen and oxygen atoms in total. The molecule has 0 aliphatic carbocycles. The van der Waals surface area contributed by atoms with E-state index in [0.717, 1.165) is 45.4 Å². The first-order chi connectivity index (χ1) is 13.6. The number of nitrogens with zero attached hydrogens (tertiary/aromatic N) is 2. The summed E-state index contributed by atoms with van der Waals surface area (Å²) in [5.41, 5.74) is 0.109. The Labute approximate surface area is 172 Å². The molecule has 0 radical (unpaired) electrons. The molecular weight excluding hydrogens is 409 g/mol. The van der Waals surface area contributed by atoms with Gasteiger partial charge in [-0.1, -0.05) is 0 Å². The van der Waals surface area contributed by atoms with Gasteiger partial charge < -0.3 is 14.7 Å². The zero-order valence-corrected chi connectivity index (χ0v) is 17.4. The SMILES string of the molecule is COCCN1C(=O)CCC12CCN(Cc1ccc(C)s1)CC2.O=C(O)C(F)(F)F. The number of likely N-dealkylation sites (tertiary alicyclic amines) is 2. The molecule has 1 aromatic rings. The zero-order chi connectivity index (χ0) is 21.7. The number of aliphatic carboxylic acids is 1. The van der Waals surface area contributed by atoms with E-state index in [4.69, 9.17) is 14.6 Å². The number of halogens is 3. The molecule has 3 rings (SSSR count). The molecule has 164 valence electrons. The number of carbonyl (C=O) groups excluding carboxylic acids is 1. The van der Waals surface area contributed by atoms with Crippen molar-refractivity contribution >= 4 is 23.2 Å². The van der Waals surface area contributed by atoms with Gasteiger partial charge >= 0.3 is 12.1 Å². The highest BCUT2D eigenvalue weighted by molar-refractivity contribution is 7.11. The Hall–Kier alpha value is -1.65. The highest BCUT2D eigenvalue weighted by atomic mass is 32.1. The largest absolute Gasteiger partial charge is 0.490 e. The van der Waals surface area contributed by atoms with Crippen molar-refractivity contribution in [2.24, 2.45) is 0 Å². The molecule has 2 fully saturated rings. The summed E-state index contributed by atoms with van der Waals surface area (Å²) in [4.78, 5) is 28.6. The fourth-order valence-corrected chi connectivity index (χ4v) is 4.79. The fourth-order valence-electron chi connectivity index (χ4n) is 3.86. The number of hydrogen-bond acceptors (Lipinski definition) is 5. The van der Waals surface area contributed by atoms with Crippen LogP contribution in [-0.2, 0) is 20.9 Å². The summed E-state index contributed by atoms with van der Waals surface area (Å²) in [6.45, 7) is 6.80. The van der Waals surface area contributed by atoms with E-state index >= 15 is 0 Å². The number of carbonyl (C=O) groups is 2. The van der Waals surface area contributed by atoms with Gasteiger partial charge in [0.1, 0.15) is 0 Å². The van der Waals surface area contributed by atoms with Crippen LogP contribution in [0.4, 0.5) is 13.2 Å². The van der Waals surface area contributed by atoms with Crippen LogP contribution < -0.4 is 0 Å². The second-order valence-electron chi connectivity index (χ2n) is 7.35. The number of carboxylic acids is 1. The van der Waals surface area contributed by atoms with Crippen LogP contribution >= 0.6 is 11.3 Å². The third-order valence-corrected chi connectivity index (χ3v) is 6.39. The van der Waals surface area contributed by atoms with Gasteiger partial charge in [-0.05, 0) is 38.3 Å². The minimum Gasteiger partial charge on any atom is -0.475 e. The monoisotopic (exact) mass is 436 g/mol. The molecule has 0 aromatic carbocycles. The Morgan fingerprint density at radius 3 is 2.38 bits per heavy atom. The van der Waals surface area contributed by atoms with E-state index in [1.54, 1.807) is 7.11 Å². The maximum Gasteiger partial charge on any atom is 0.490 e. The second kappa shape index (κ2) is 9.90. The van der Waals surface area contributed by atoms with E-state index in [0.29, 0.717) is 18.9 Å². The first kappa shape index (κ1) is 23.6. The Balaban J connectivity index is 0.000000370. The van der Waals surface area contributed by atoms with E-state index in [2.05, 4.69) is 28.9 Å². The van der Waals surface area contributed by atoms with Crippen molar-refractivity contribution in [3.05, 3.63) is 21.9 Å². The molecule has 0 unspecified atom stereocenters. The third-order valence-electron chi connectivity index (χ3n) is 5.40. The van der Waals surface area contributed by atoms with Gasteiger partial charge in [-0.3, -0.25) is 9.69 Å². The first-order valence-corrected chi connectivity index (χ1v) is 10.3. The molecule has 1 amide bonds. The van der Waals surface area contributed by atoms with E-state index in [1.807, 2.05) is 11.3 Å². The Bertz CT molecular complexity index is 700. The van der Waals surface area contributed by atoms with Crippen LogP contribution in [0, 0.1) is 6.92 Å². The highest BCUT2D eigenvalue weighted by Crippen LogP contribution is 2.39. The number of aryl methyl sites for hydroxylation is 1. The van der Waals surface area contributed by atoms with Gasteiger partial charge in [-0.15, -0.1) is 11.3 Å². The number of amides is 1. The number of thiophene rings is 1. The van der Waals surface area contributed by atoms with E-state index < -0.39 is 12.1 Å². The van der Waals surface area contributed by atoms with Gasteiger partial charge in [0.15, 0.2) is 0 Å². The van der Waals surface area contributed by atoms with Crippen molar-refractivity contribution < 1.29 is 32.6 Å². The quantitative estimate of drug-likeness (QED) is 0.767. The first-order valence-electron chi connectivity index (χ1n) is 9.44. The Morgan fingerprint density at radius 2 is 1.90 bits per heavy atom. The molecule has 2 saturated heterocycles. The number of alkyl halides is 3. The minimum absolute atomic E-state index is 0.109. The van der Waals surface area contributed by atoms with Crippen molar-refractivity contribution in [2.45, 2.75) is 50.9 Å². The lowest BCUT2D eigenvalue weighted by Crippen LogP contribution is -2.53. The summed E-state index contributed by atoms with van der Waals surface area (Å²) in [6, 6.07) is 4.45. The van der Waals surface area contributed by atoms with Crippen LogP contribution in [0.1, 0.15) is 35.4 Å². The summed E-state index contributed by atoms with van der Waals surface area (Å²) < 4.78 is 36.9. The van der Waals surface area contributed by atoms with Gasteiger partial charge in [0.25, 0.3) is 0 Å². The minimum atomic E-state index is -5.08. The lowest BCUT2D eigenvalue weighted by Gasteiger charge is -2.45. The Kier molecular flexibility index (Phi) is 8.07. The van der Waals surface area contributed by atoms with Gasteiger partial charge in [0, 0.05) is 55.0 Å². The summed E-state index contributed by atoms with van der Waals surface area (Å²) in [5.74, 6) is -2.44. The lowest BCUT2D eigenvalue weighted by molar-refractivity contribution is -0.192. The van der Waals surface area contributed by atoms with E-state index in [1.165, 1.54) is 9.75 Å². The van der Waals surface area contributed by atoms with Crippen molar-refractivity contribution in [3.63, 3.8) is 0 Å². The van der Waals surface area contributed by atoms with Crippen molar-refractivity contribution in [1.29, 1.82) is 0 Å². The number of methoxy groups -OCH3 is 1. The topological polar surface area (TPSA) is 70.1 Å². The van der Waals surface area contributed by atoms with Gasteiger partial charge in [-0.2, -0.15) is 13.2 Å². The lowest BCUT2D eigenvalue weighted by atomic mass is 9.85. The van der Waals surface area contributed by atoms with Crippen LogP contribution in [0.2, 0.25) is 0 Å². The molecule has 0 atom stereocenters. The molecule has 2 aliphatic rings. The third kappa shape index (κ3) is 6.42. The highest BCUT2D eigenvalue weighted by Gasteiger charge is 2.46. The number of carboxylic acid groups (broad SMARTS) is 1. The summed E-state index contributed by atoms with van der Waals surface area (Å²) in [7, 11) is 1.71. The standard InChI is InChI=1S/C17H26N2O2S.C2HF3O2/c1-14-3-4-15(22-14)13-18-9-7-17(8-10-18)6-5-16(20)19(17)11-12-21-2;3-2(4,5)1(6)7/h3-4H,5-13H2,1-2H3;(H,6,7). The molecule has 1 spiro atoms. The normalized spacial score (nSPS) is 19.3. The summed E-state index contributed by atoms with van der Waals surface area (Å²) >= 11 is 1.89. The Morgan fingerprint density at radius 1 is 1.28 bits per heavy atom. The number of hydrogen-bond donors (Lipinski definition) is 1. The predicted molar refractivity (Wildman–Crippen MR) is 103 cm³/mol. The van der Waals surface area contributed by atoms with Crippen molar-refractivity contribution in [3.8, 4) is 0 Å². The molecule has 29 heavy (non-hydrogen) atoms. The average Bonchev–Trinajstić information content (AvgIpc) is 3.19. The maximum atomic E-state index is 12.2. The zero-order valence-electron chi connectivity index (χ0n) is 16.6. The number of ether oxygens (including phenoxy) is 1. The van der Waals surface area contributed by atoms with E-state index in [9.17, 15) is 18.0 Å². The van der Waals surface area contributed by atoms with Crippen LogP contribution in [0.3, 0.4) is 0 Å². The second-order valence-corrected chi connectivity index (χ2v) is 8.73. The molecule has 0 bridgehead atoms. The molecule has 1 N–H and O–H groups in total. The molecule has 1 aromatic heterocycles. The molecule has 2 aliphatic heterocycles. The van der Waals surface area contributed by atoms with Crippen molar-refractivity contribution in [2.75, 3.05) is 33.4 Å². The van der Waals surface area contributed by atoms with Crippen LogP contribution in [0.15, 0.2) is 12.1 Å². The van der Waals surface area contributed by atoms with Crippen LogP contribution in [0.25, 0.3) is 0 Å². The van der Waals surface area contributed by atoms with E-state index in [-0.39, 0.29) is 5.54 Å². The van der Waals surface area contributed by atoms with Crippen LogP contribution in [0.5, 0.6) is 0 Å². The van der Waals surface area contributed by atoms with Gasteiger partial charge in [0.2, 0.25) is 5.91 Å². The molecule has 10 heteroatoms. The number of rotatable bonds is 5. The molecule has 3 heterocycles. The summed E-state index contributed by atoms with van der Waals surface area (Å²) in [5, 5.41) is 7.12. The molecular formula is C19H27F3N2O4S.